The fourth-order valence-electron chi connectivity index (χ4n) is 1.40. The lowest BCUT2D eigenvalue weighted by Gasteiger charge is -2.16. The molecule has 94 valence electrons. The van der Waals surface area contributed by atoms with Crippen molar-refractivity contribution in [1.29, 1.82) is 0 Å². The van der Waals surface area contributed by atoms with Gasteiger partial charge in [-0.3, -0.25) is 4.79 Å². The molecule has 1 N–H and O–H groups in total. The fraction of sp³-hybridized carbons (Fsp3) is 0.462. The van der Waals surface area contributed by atoms with Gasteiger partial charge in [-0.25, -0.2) is 0 Å². The van der Waals surface area contributed by atoms with Crippen LogP contribution in [0.1, 0.15) is 38.1 Å². The van der Waals surface area contributed by atoms with E-state index in [4.69, 9.17) is 9.47 Å². The SMILES string of the molecule is CC(C)Oc1cc(O)c(C=O)c(OC(C)C)c1. The molecule has 0 atom stereocenters. The average Bonchev–Trinajstić information content (AvgIpc) is 2.14. The molecule has 0 aliphatic heterocycles. The molecule has 0 radical (unpaired) electrons. The van der Waals surface area contributed by atoms with Gasteiger partial charge in [0.05, 0.1) is 17.8 Å². The molecule has 0 saturated heterocycles. The van der Waals surface area contributed by atoms with E-state index in [1.165, 1.54) is 6.07 Å². The molecule has 1 aromatic rings. The van der Waals surface area contributed by atoms with Gasteiger partial charge in [0.2, 0.25) is 0 Å². The van der Waals surface area contributed by atoms with Crippen molar-refractivity contribution < 1.29 is 19.4 Å². The van der Waals surface area contributed by atoms with E-state index in [0.717, 1.165) is 0 Å². The highest BCUT2D eigenvalue weighted by atomic mass is 16.5. The Morgan fingerprint density at radius 3 is 2.18 bits per heavy atom. The topological polar surface area (TPSA) is 55.8 Å². The number of aldehydes is 1. The van der Waals surface area contributed by atoms with Gasteiger partial charge in [-0.1, -0.05) is 0 Å². The number of rotatable bonds is 5. The van der Waals surface area contributed by atoms with Gasteiger partial charge in [0, 0.05) is 12.1 Å². The van der Waals surface area contributed by atoms with Gasteiger partial charge in [0.25, 0.3) is 0 Å². The smallest absolute Gasteiger partial charge is 0.157 e. The van der Waals surface area contributed by atoms with Crippen LogP contribution in [0.4, 0.5) is 0 Å². The van der Waals surface area contributed by atoms with Crippen molar-refractivity contribution in [2.45, 2.75) is 39.9 Å². The van der Waals surface area contributed by atoms with E-state index in [9.17, 15) is 9.90 Å². The summed E-state index contributed by atoms with van der Waals surface area (Å²) in [5, 5.41) is 9.71. The van der Waals surface area contributed by atoms with Gasteiger partial charge in [0.1, 0.15) is 17.2 Å². The Balaban J connectivity index is 3.13. The number of hydrogen-bond acceptors (Lipinski definition) is 4. The van der Waals surface area contributed by atoms with Crippen molar-refractivity contribution in [2.75, 3.05) is 0 Å². The molecule has 1 aromatic carbocycles. The largest absolute Gasteiger partial charge is 0.507 e. The maximum Gasteiger partial charge on any atom is 0.157 e. The van der Waals surface area contributed by atoms with Crippen LogP contribution in [0, 0.1) is 0 Å². The standard InChI is InChI=1S/C13H18O4/c1-8(2)16-10-5-12(15)11(7-14)13(6-10)17-9(3)4/h5-9,15H,1-4H3. The van der Waals surface area contributed by atoms with Crippen LogP contribution < -0.4 is 9.47 Å². The molecule has 0 bridgehead atoms. The Kier molecular flexibility index (Phi) is 4.37. The summed E-state index contributed by atoms with van der Waals surface area (Å²) in [7, 11) is 0. The second kappa shape index (κ2) is 5.57. The zero-order valence-electron chi connectivity index (χ0n) is 10.6. The van der Waals surface area contributed by atoms with Crippen LogP contribution in [0.3, 0.4) is 0 Å². The Labute approximate surface area is 101 Å². The molecular formula is C13H18O4. The molecule has 4 heteroatoms. The molecule has 17 heavy (non-hydrogen) atoms. The first-order valence-electron chi connectivity index (χ1n) is 5.59. The van der Waals surface area contributed by atoms with E-state index >= 15 is 0 Å². The second-order valence-corrected chi connectivity index (χ2v) is 4.31. The normalized spacial score (nSPS) is 10.7. The third-order valence-electron chi connectivity index (χ3n) is 1.95. The third-order valence-corrected chi connectivity index (χ3v) is 1.95. The van der Waals surface area contributed by atoms with Crippen LogP contribution in [0.25, 0.3) is 0 Å². The van der Waals surface area contributed by atoms with Crippen molar-refractivity contribution in [3.63, 3.8) is 0 Å². The molecule has 0 amide bonds. The highest BCUT2D eigenvalue weighted by Gasteiger charge is 2.13. The minimum absolute atomic E-state index is 0.0108. The van der Waals surface area contributed by atoms with Crippen molar-refractivity contribution in [3.8, 4) is 17.2 Å². The van der Waals surface area contributed by atoms with E-state index in [2.05, 4.69) is 0 Å². The highest BCUT2D eigenvalue weighted by Crippen LogP contribution is 2.33. The predicted molar refractivity (Wildman–Crippen MR) is 65.0 cm³/mol. The van der Waals surface area contributed by atoms with Gasteiger partial charge in [0.15, 0.2) is 6.29 Å². The van der Waals surface area contributed by atoms with Crippen molar-refractivity contribution >= 4 is 6.29 Å². The molecule has 0 aliphatic rings. The van der Waals surface area contributed by atoms with Gasteiger partial charge >= 0.3 is 0 Å². The molecule has 4 nitrogen and oxygen atoms in total. The molecule has 0 spiro atoms. The number of phenols is 1. The summed E-state index contributed by atoms with van der Waals surface area (Å²) in [5.74, 6) is 0.693. The van der Waals surface area contributed by atoms with Crippen LogP contribution in [0.15, 0.2) is 12.1 Å². The Morgan fingerprint density at radius 1 is 1.12 bits per heavy atom. The van der Waals surface area contributed by atoms with Crippen LogP contribution in [0.5, 0.6) is 17.2 Å². The summed E-state index contributed by atoms with van der Waals surface area (Å²) in [6, 6.07) is 3.03. The quantitative estimate of drug-likeness (QED) is 0.801. The first-order valence-corrected chi connectivity index (χ1v) is 5.59. The highest BCUT2D eigenvalue weighted by molar-refractivity contribution is 5.84. The number of carbonyl (C=O) groups is 1. The number of phenolic OH excluding ortho intramolecular Hbond substituents is 1. The molecular weight excluding hydrogens is 220 g/mol. The molecule has 0 fully saturated rings. The maximum atomic E-state index is 10.9. The Morgan fingerprint density at radius 2 is 1.71 bits per heavy atom. The third kappa shape index (κ3) is 3.66. The van der Waals surface area contributed by atoms with E-state index in [1.54, 1.807) is 6.07 Å². The summed E-state index contributed by atoms with van der Waals surface area (Å²) in [6.07, 6.45) is 0.484. The summed E-state index contributed by atoms with van der Waals surface area (Å²) < 4.78 is 10.9. The lowest BCUT2D eigenvalue weighted by molar-refractivity contribution is 0.111. The van der Waals surface area contributed by atoms with Crippen molar-refractivity contribution in [3.05, 3.63) is 17.7 Å². The number of ether oxygens (including phenoxy) is 2. The van der Waals surface area contributed by atoms with Crippen molar-refractivity contribution in [2.24, 2.45) is 0 Å². The first-order chi connectivity index (χ1) is 7.93. The lowest BCUT2D eigenvalue weighted by Crippen LogP contribution is -2.09. The first kappa shape index (κ1) is 13.4. The maximum absolute atomic E-state index is 10.9. The van der Waals surface area contributed by atoms with Crippen LogP contribution >= 0.6 is 0 Å². The van der Waals surface area contributed by atoms with Crippen LogP contribution in [0.2, 0.25) is 0 Å². The summed E-state index contributed by atoms with van der Waals surface area (Å²) in [5.41, 5.74) is 0.148. The molecule has 0 aliphatic carbocycles. The summed E-state index contributed by atoms with van der Waals surface area (Å²) in [4.78, 5) is 10.9. The number of carbonyl (C=O) groups excluding carboxylic acids is 1. The predicted octanol–water partition coefficient (Wildman–Crippen LogP) is 2.78. The Hall–Kier alpha value is -1.71. The lowest BCUT2D eigenvalue weighted by atomic mass is 10.2. The fourth-order valence-corrected chi connectivity index (χ4v) is 1.40. The zero-order chi connectivity index (χ0) is 13.0. The van der Waals surface area contributed by atoms with Gasteiger partial charge in [-0.15, -0.1) is 0 Å². The Bertz CT molecular complexity index is 397. The monoisotopic (exact) mass is 238 g/mol. The minimum atomic E-state index is -0.131. The van der Waals surface area contributed by atoms with Gasteiger partial charge in [-0.05, 0) is 27.7 Å². The molecule has 0 heterocycles. The van der Waals surface area contributed by atoms with Crippen LogP contribution in [-0.4, -0.2) is 23.6 Å². The molecule has 0 saturated carbocycles. The second-order valence-electron chi connectivity index (χ2n) is 4.31. The van der Waals surface area contributed by atoms with E-state index < -0.39 is 0 Å². The average molecular weight is 238 g/mol. The zero-order valence-corrected chi connectivity index (χ0v) is 10.6. The summed E-state index contributed by atoms with van der Waals surface area (Å²) >= 11 is 0. The minimum Gasteiger partial charge on any atom is -0.507 e. The van der Waals surface area contributed by atoms with Crippen molar-refractivity contribution in [1.82, 2.24) is 0 Å². The number of benzene rings is 1. The van der Waals surface area contributed by atoms with E-state index in [-0.39, 0.29) is 23.5 Å². The van der Waals surface area contributed by atoms with Gasteiger partial charge in [-0.2, -0.15) is 0 Å². The van der Waals surface area contributed by atoms with Crippen LogP contribution in [-0.2, 0) is 0 Å². The molecule has 1 rings (SSSR count). The molecule has 0 aromatic heterocycles. The van der Waals surface area contributed by atoms with E-state index in [1.807, 2.05) is 27.7 Å². The molecule has 0 unspecified atom stereocenters. The van der Waals surface area contributed by atoms with Gasteiger partial charge < -0.3 is 14.6 Å². The number of aromatic hydroxyl groups is 1. The number of hydrogen-bond donors (Lipinski definition) is 1. The summed E-state index contributed by atoms with van der Waals surface area (Å²) in [6.45, 7) is 7.46. The van der Waals surface area contributed by atoms with E-state index in [0.29, 0.717) is 17.8 Å².